The number of anilines is 1. The highest BCUT2D eigenvalue weighted by atomic mass is 79.9. The molecule has 1 aliphatic heterocycles. The first kappa shape index (κ1) is 25.2. The van der Waals surface area contributed by atoms with E-state index in [0.29, 0.717) is 50.5 Å². The predicted octanol–water partition coefficient (Wildman–Crippen LogP) is 9.75. The van der Waals surface area contributed by atoms with Crippen LogP contribution in [0.3, 0.4) is 0 Å². The zero-order valence-electron chi connectivity index (χ0n) is 16.5. The highest BCUT2D eigenvalue weighted by Crippen LogP contribution is 2.46. The number of hydrogen-bond acceptors (Lipinski definition) is 5. The SMILES string of the molecule is O=C1c2c(Br)c(Br)c(Br)c(Br)c2C(=O)N1c1ccc2nc(SCc3ccc(Cl)cc3Cl)sc2c1. The summed E-state index contributed by atoms with van der Waals surface area (Å²) in [4.78, 5) is 32.4. The van der Waals surface area contributed by atoms with Gasteiger partial charge in [-0.25, -0.2) is 9.88 Å². The Kier molecular flexibility index (Phi) is 7.25. The van der Waals surface area contributed by atoms with Gasteiger partial charge in [-0.1, -0.05) is 41.0 Å². The lowest BCUT2D eigenvalue weighted by Gasteiger charge is -2.13. The van der Waals surface area contributed by atoms with E-state index >= 15 is 0 Å². The average Bonchev–Trinajstić information content (AvgIpc) is 3.32. The molecule has 2 heterocycles. The quantitative estimate of drug-likeness (QED) is 0.0896. The van der Waals surface area contributed by atoms with Crippen LogP contribution >= 0.6 is 110 Å². The number of benzene rings is 3. The molecule has 1 aliphatic rings. The fraction of sp³-hybridized carbons (Fsp3) is 0.0455. The fourth-order valence-electron chi connectivity index (χ4n) is 3.45. The molecule has 0 aliphatic carbocycles. The van der Waals surface area contributed by atoms with Gasteiger partial charge in [0, 0.05) is 33.7 Å². The number of thioether (sulfide) groups is 1. The normalized spacial score (nSPS) is 13.3. The molecule has 172 valence electrons. The van der Waals surface area contributed by atoms with Crippen LogP contribution in [0.1, 0.15) is 26.3 Å². The number of nitrogens with zero attached hydrogens (tertiary/aromatic N) is 2. The Labute approximate surface area is 245 Å². The molecule has 0 spiro atoms. The third kappa shape index (κ3) is 4.32. The summed E-state index contributed by atoms with van der Waals surface area (Å²) in [5.41, 5.74) is 2.88. The minimum Gasteiger partial charge on any atom is -0.268 e. The Morgan fingerprint density at radius 3 is 2.15 bits per heavy atom. The molecule has 0 atom stereocenters. The van der Waals surface area contributed by atoms with Crippen LogP contribution in [0.15, 0.2) is 58.6 Å². The Bertz CT molecular complexity index is 1500. The minimum absolute atomic E-state index is 0.312. The first-order chi connectivity index (χ1) is 16.2. The number of imide groups is 1. The van der Waals surface area contributed by atoms with Gasteiger partial charge in [-0.3, -0.25) is 9.59 Å². The number of carbonyl (C=O) groups is 2. The van der Waals surface area contributed by atoms with Crippen molar-refractivity contribution in [3.8, 4) is 0 Å². The summed E-state index contributed by atoms with van der Waals surface area (Å²) in [6.07, 6.45) is 0. The monoisotopic (exact) mass is 782 g/mol. The smallest absolute Gasteiger partial charge is 0.267 e. The molecule has 4 aromatic rings. The van der Waals surface area contributed by atoms with Crippen LogP contribution in [-0.2, 0) is 5.75 Å². The van der Waals surface area contributed by atoms with E-state index in [4.69, 9.17) is 23.2 Å². The molecular formula is C22H8Br4Cl2N2O2S2. The lowest BCUT2D eigenvalue weighted by Crippen LogP contribution is -2.29. The fourth-order valence-corrected chi connectivity index (χ4v) is 8.57. The van der Waals surface area contributed by atoms with Crippen molar-refractivity contribution >= 4 is 138 Å². The maximum atomic E-state index is 13.3. The van der Waals surface area contributed by atoms with E-state index in [2.05, 4.69) is 68.7 Å². The highest BCUT2D eigenvalue weighted by molar-refractivity contribution is 9.15. The molecule has 4 nitrogen and oxygen atoms in total. The van der Waals surface area contributed by atoms with Crippen molar-refractivity contribution in [1.29, 1.82) is 0 Å². The van der Waals surface area contributed by atoms with Crippen LogP contribution in [0.5, 0.6) is 0 Å². The van der Waals surface area contributed by atoms with E-state index in [-0.39, 0.29) is 0 Å². The zero-order valence-corrected chi connectivity index (χ0v) is 26.0. The molecule has 5 rings (SSSR count). The molecule has 0 saturated heterocycles. The summed E-state index contributed by atoms with van der Waals surface area (Å²) >= 11 is 29.1. The van der Waals surface area contributed by atoms with E-state index < -0.39 is 11.8 Å². The molecule has 0 radical (unpaired) electrons. The van der Waals surface area contributed by atoms with Gasteiger partial charge >= 0.3 is 0 Å². The van der Waals surface area contributed by atoms with Crippen LogP contribution in [0.25, 0.3) is 10.2 Å². The van der Waals surface area contributed by atoms with E-state index in [0.717, 1.165) is 20.1 Å². The van der Waals surface area contributed by atoms with E-state index in [1.54, 1.807) is 23.9 Å². The van der Waals surface area contributed by atoms with Gasteiger partial charge in [0.25, 0.3) is 11.8 Å². The number of rotatable bonds is 4. The van der Waals surface area contributed by atoms with Gasteiger partial charge in [0.05, 0.1) is 27.0 Å². The highest BCUT2D eigenvalue weighted by Gasteiger charge is 2.42. The number of fused-ring (bicyclic) bond motifs is 2. The third-order valence-corrected chi connectivity index (χ3v) is 12.6. The van der Waals surface area contributed by atoms with Gasteiger partial charge in [-0.15, -0.1) is 11.3 Å². The summed E-state index contributed by atoms with van der Waals surface area (Å²) in [7, 11) is 0. The van der Waals surface area contributed by atoms with Crippen molar-refractivity contribution in [2.75, 3.05) is 4.90 Å². The zero-order chi connectivity index (χ0) is 24.3. The minimum atomic E-state index is -0.392. The van der Waals surface area contributed by atoms with Crippen LogP contribution < -0.4 is 4.90 Å². The summed E-state index contributed by atoms with van der Waals surface area (Å²) < 4.78 is 4.09. The van der Waals surface area contributed by atoms with Crippen molar-refractivity contribution in [3.05, 3.63) is 81.0 Å². The van der Waals surface area contributed by atoms with E-state index in [9.17, 15) is 9.59 Å². The van der Waals surface area contributed by atoms with E-state index in [1.165, 1.54) is 16.2 Å². The van der Waals surface area contributed by atoms with Gasteiger partial charge in [0.2, 0.25) is 0 Å². The maximum absolute atomic E-state index is 13.3. The number of hydrogen-bond donors (Lipinski definition) is 0. The molecule has 1 aromatic heterocycles. The van der Waals surface area contributed by atoms with Crippen molar-refractivity contribution < 1.29 is 9.59 Å². The van der Waals surface area contributed by atoms with Crippen LogP contribution in [-0.4, -0.2) is 16.8 Å². The summed E-state index contributed by atoms with van der Waals surface area (Å²) in [6.45, 7) is 0. The number of carbonyl (C=O) groups excluding carboxylic acids is 2. The molecule has 0 fully saturated rings. The molecule has 34 heavy (non-hydrogen) atoms. The van der Waals surface area contributed by atoms with Gasteiger partial charge in [0.1, 0.15) is 0 Å². The molecule has 3 aromatic carbocycles. The maximum Gasteiger partial charge on any atom is 0.267 e. The number of thiazole rings is 1. The number of aromatic nitrogens is 1. The number of halogens is 6. The summed E-state index contributed by atoms with van der Waals surface area (Å²) in [5.74, 6) is -0.138. The van der Waals surface area contributed by atoms with E-state index in [1.807, 2.05) is 24.3 Å². The van der Waals surface area contributed by atoms with Crippen molar-refractivity contribution in [1.82, 2.24) is 4.98 Å². The Balaban J connectivity index is 1.46. The van der Waals surface area contributed by atoms with Gasteiger partial charge < -0.3 is 0 Å². The van der Waals surface area contributed by atoms with Crippen LogP contribution in [0.2, 0.25) is 10.0 Å². The third-order valence-electron chi connectivity index (χ3n) is 5.08. The van der Waals surface area contributed by atoms with Crippen molar-refractivity contribution in [2.24, 2.45) is 0 Å². The van der Waals surface area contributed by atoms with Crippen LogP contribution in [0, 0.1) is 0 Å². The Hall–Kier alpha value is -0.460. The molecule has 12 heteroatoms. The predicted molar refractivity (Wildman–Crippen MR) is 154 cm³/mol. The second kappa shape index (κ2) is 9.78. The molecule has 0 bridgehead atoms. The molecule has 2 amide bonds. The molecule has 0 unspecified atom stereocenters. The first-order valence-electron chi connectivity index (χ1n) is 9.39. The van der Waals surface area contributed by atoms with Crippen molar-refractivity contribution in [2.45, 2.75) is 10.1 Å². The molecule has 0 saturated carbocycles. The standard InChI is InChI=1S/C22H8Br4Cl2N2O2S2/c23-16-14-15(17(24)19(26)18(16)25)21(32)30(20(14)31)10-3-4-12-13(6-10)34-22(29-12)33-7-8-1-2-9(27)5-11(8)28/h1-6H,7H2. The lowest BCUT2D eigenvalue weighted by atomic mass is 10.1. The largest absolute Gasteiger partial charge is 0.268 e. The molecular weight excluding hydrogens is 779 g/mol. The molecule has 0 N–H and O–H groups in total. The average molecular weight is 787 g/mol. The first-order valence-corrected chi connectivity index (χ1v) is 15.1. The second-order valence-corrected chi connectivity index (χ2v) is 13.4. The topological polar surface area (TPSA) is 50.3 Å². The lowest BCUT2D eigenvalue weighted by molar-refractivity contribution is 0.0926. The Morgan fingerprint density at radius 1 is 0.882 bits per heavy atom. The van der Waals surface area contributed by atoms with Gasteiger partial charge in [-0.05, 0) is 99.6 Å². The van der Waals surface area contributed by atoms with Crippen molar-refractivity contribution in [3.63, 3.8) is 0 Å². The summed E-state index contributed by atoms with van der Waals surface area (Å²) in [5, 5.41) is 1.21. The van der Waals surface area contributed by atoms with Gasteiger partial charge in [-0.2, -0.15) is 0 Å². The Morgan fingerprint density at radius 2 is 1.53 bits per heavy atom. The second-order valence-electron chi connectivity index (χ2n) is 7.11. The van der Waals surface area contributed by atoms with Gasteiger partial charge in [0.15, 0.2) is 4.34 Å². The van der Waals surface area contributed by atoms with Crippen LogP contribution in [0.4, 0.5) is 5.69 Å². The summed E-state index contributed by atoms with van der Waals surface area (Å²) in [6, 6.07) is 10.8. The number of amides is 2.